The molecule has 0 aliphatic heterocycles. The van der Waals surface area contributed by atoms with Crippen molar-refractivity contribution < 1.29 is 21.9 Å². The lowest BCUT2D eigenvalue weighted by Crippen LogP contribution is -2.11. The molecule has 5 nitrogen and oxygen atoms in total. The lowest BCUT2D eigenvalue weighted by molar-refractivity contribution is -0.0523. The van der Waals surface area contributed by atoms with Crippen LogP contribution in [0.1, 0.15) is 11.1 Å². The summed E-state index contributed by atoms with van der Waals surface area (Å²) in [5.41, 5.74) is 5.17. The van der Waals surface area contributed by atoms with E-state index in [0.29, 0.717) is 0 Å². The Morgan fingerprint density at radius 2 is 2.11 bits per heavy atom. The van der Waals surface area contributed by atoms with Crippen molar-refractivity contribution in [2.45, 2.75) is 18.1 Å². The predicted molar refractivity (Wildman–Crippen MR) is 58.7 cm³/mol. The van der Waals surface area contributed by atoms with E-state index < -0.39 is 26.3 Å². The maximum Gasteiger partial charge on any atom is 0.387 e. The van der Waals surface area contributed by atoms with Gasteiger partial charge in [0.15, 0.2) is 5.75 Å². The molecule has 0 aliphatic carbocycles. The Morgan fingerprint density at radius 1 is 1.50 bits per heavy atom. The van der Waals surface area contributed by atoms with E-state index in [1.807, 2.05) is 0 Å². The van der Waals surface area contributed by atoms with Crippen molar-refractivity contribution in [3.63, 3.8) is 0 Å². The second kappa shape index (κ2) is 5.48. The fourth-order valence-corrected chi connectivity index (χ4v) is 2.29. The van der Waals surface area contributed by atoms with Gasteiger partial charge in [-0.25, -0.2) is 8.42 Å². The number of ether oxygens (including phenoxy) is 1. The van der Waals surface area contributed by atoms with Crippen LogP contribution in [0.25, 0.3) is 0 Å². The number of rotatable bonds is 4. The smallest absolute Gasteiger partial charge is 0.387 e. The molecule has 18 heavy (non-hydrogen) atoms. The summed E-state index contributed by atoms with van der Waals surface area (Å²) in [6, 6.07) is 3.68. The fraction of sp³-hybridized carbons (Fsp3) is 0.222. The highest BCUT2D eigenvalue weighted by Gasteiger charge is 2.23. The minimum absolute atomic E-state index is 0.0476. The Kier molecular flexibility index (Phi) is 4.45. The van der Waals surface area contributed by atoms with Crippen molar-refractivity contribution in [2.75, 3.05) is 0 Å². The number of halogens is 3. The average molecular weight is 297 g/mol. The van der Waals surface area contributed by atoms with Gasteiger partial charge in [-0.05, 0) is 12.1 Å². The van der Waals surface area contributed by atoms with Gasteiger partial charge in [-0.3, -0.25) is 0 Å². The third-order valence-corrected chi connectivity index (χ3v) is 3.28. The van der Waals surface area contributed by atoms with Gasteiger partial charge in [0.1, 0.15) is 4.90 Å². The van der Waals surface area contributed by atoms with E-state index >= 15 is 0 Å². The summed E-state index contributed by atoms with van der Waals surface area (Å²) in [6.07, 6.45) is 0. The third-order valence-electron chi connectivity index (χ3n) is 1.95. The van der Waals surface area contributed by atoms with Crippen molar-refractivity contribution in [1.29, 1.82) is 5.26 Å². The molecule has 0 unspecified atom stereocenters. The fourth-order valence-electron chi connectivity index (χ4n) is 1.28. The Labute approximate surface area is 106 Å². The van der Waals surface area contributed by atoms with Gasteiger partial charge in [0, 0.05) is 22.8 Å². The molecule has 0 amide bonds. The zero-order valence-corrected chi connectivity index (χ0v) is 10.3. The maximum absolute atomic E-state index is 12.2. The van der Waals surface area contributed by atoms with Crippen LogP contribution >= 0.6 is 10.7 Å². The molecule has 0 spiro atoms. The van der Waals surface area contributed by atoms with Crippen LogP contribution in [0.5, 0.6) is 5.75 Å². The summed E-state index contributed by atoms with van der Waals surface area (Å²) in [5.74, 6) is -0.638. The van der Waals surface area contributed by atoms with E-state index in [1.54, 1.807) is 6.07 Å². The molecule has 9 heteroatoms. The van der Waals surface area contributed by atoms with E-state index in [9.17, 15) is 17.2 Å². The van der Waals surface area contributed by atoms with E-state index in [4.69, 9.17) is 21.7 Å². The van der Waals surface area contributed by atoms with Crippen molar-refractivity contribution in [3.05, 3.63) is 23.3 Å². The highest BCUT2D eigenvalue weighted by molar-refractivity contribution is 8.13. The highest BCUT2D eigenvalue weighted by atomic mass is 35.7. The average Bonchev–Trinajstić information content (AvgIpc) is 2.26. The van der Waals surface area contributed by atoms with Gasteiger partial charge in [-0.15, -0.1) is 0 Å². The van der Waals surface area contributed by atoms with Gasteiger partial charge in [0.25, 0.3) is 9.05 Å². The molecule has 0 aromatic heterocycles. The highest BCUT2D eigenvalue weighted by Crippen LogP contribution is 2.33. The van der Waals surface area contributed by atoms with Crippen LogP contribution in [-0.4, -0.2) is 15.0 Å². The number of hydrogen-bond donors (Lipinski definition) is 1. The van der Waals surface area contributed by atoms with Gasteiger partial charge in [-0.2, -0.15) is 14.0 Å². The Balaban J connectivity index is 3.59. The minimum Gasteiger partial charge on any atom is -0.433 e. The first-order valence-electron chi connectivity index (χ1n) is 4.46. The van der Waals surface area contributed by atoms with Crippen LogP contribution in [0, 0.1) is 11.3 Å². The number of benzene rings is 1. The van der Waals surface area contributed by atoms with Crippen LogP contribution in [0.15, 0.2) is 17.0 Å². The second-order valence-electron chi connectivity index (χ2n) is 3.09. The summed E-state index contributed by atoms with van der Waals surface area (Å²) < 4.78 is 51.1. The molecular formula is C9H7ClF2N2O3S. The first-order chi connectivity index (χ1) is 8.29. The quantitative estimate of drug-likeness (QED) is 0.851. The molecule has 1 aromatic rings. The zero-order chi connectivity index (χ0) is 13.9. The summed E-state index contributed by atoms with van der Waals surface area (Å²) in [4.78, 5) is -0.705. The molecule has 2 N–H and O–H groups in total. The molecular weight excluding hydrogens is 290 g/mol. The first-order valence-corrected chi connectivity index (χ1v) is 6.77. The molecule has 0 radical (unpaired) electrons. The Hall–Kier alpha value is -1.43. The lowest BCUT2D eigenvalue weighted by atomic mass is 10.1. The van der Waals surface area contributed by atoms with Crippen LogP contribution in [0.4, 0.5) is 8.78 Å². The molecule has 1 aromatic carbocycles. The van der Waals surface area contributed by atoms with E-state index in [2.05, 4.69) is 4.74 Å². The first kappa shape index (κ1) is 14.6. The van der Waals surface area contributed by atoms with E-state index in [-0.39, 0.29) is 17.7 Å². The summed E-state index contributed by atoms with van der Waals surface area (Å²) in [6.45, 7) is -3.52. The number of nitrogens with two attached hydrogens (primary N) is 1. The third kappa shape index (κ3) is 3.29. The number of nitrogens with zero attached hydrogens (tertiary/aromatic N) is 1. The van der Waals surface area contributed by atoms with Crippen LogP contribution < -0.4 is 10.5 Å². The molecule has 1 rings (SSSR count). The zero-order valence-electron chi connectivity index (χ0n) is 8.73. The van der Waals surface area contributed by atoms with Gasteiger partial charge >= 0.3 is 6.61 Å². The topological polar surface area (TPSA) is 93.2 Å². The van der Waals surface area contributed by atoms with Crippen molar-refractivity contribution in [1.82, 2.24) is 0 Å². The van der Waals surface area contributed by atoms with Gasteiger partial charge in [0.2, 0.25) is 0 Å². The Bertz CT molecular complexity index is 599. The summed E-state index contributed by atoms with van der Waals surface area (Å²) in [5, 5.41) is 8.70. The van der Waals surface area contributed by atoms with Crippen molar-refractivity contribution in [2.24, 2.45) is 5.73 Å². The van der Waals surface area contributed by atoms with Crippen LogP contribution in [0.2, 0.25) is 0 Å². The van der Waals surface area contributed by atoms with E-state index in [0.717, 1.165) is 12.1 Å². The van der Waals surface area contributed by atoms with Gasteiger partial charge in [-0.1, -0.05) is 0 Å². The molecule has 98 valence electrons. The molecule has 0 aliphatic rings. The largest absolute Gasteiger partial charge is 0.433 e. The lowest BCUT2D eigenvalue weighted by Gasteiger charge is -2.13. The van der Waals surface area contributed by atoms with Gasteiger partial charge < -0.3 is 10.5 Å². The number of hydrogen-bond acceptors (Lipinski definition) is 5. The van der Waals surface area contributed by atoms with Gasteiger partial charge in [0.05, 0.1) is 11.6 Å². The molecule has 0 heterocycles. The number of alkyl halides is 2. The summed E-state index contributed by atoms with van der Waals surface area (Å²) in [7, 11) is 0.765. The summed E-state index contributed by atoms with van der Waals surface area (Å²) >= 11 is 0. The standard InChI is InChI=1S/C9H7ClF2N2O3S/c10-18(15,16)7-2-5(3-13)1-6(4-14)8(7)17-9(11)12/h1-2,9H,4,14H2. The predicted octanol–water partition coefficient (Wildman–Crippen LogP) is 1.55. The normalized spacial score (nSPS) is 11.3. The monoisotopic (exact) mass is 296 g/mol. The minimum atomic E-state index is -4.34. The van der Waals surface area contributed by atoms with E-state index in [1.165, 1.54) is 0 Å². The second-order valence-corrected chi connectivity index (χ2v) is 5.63. The maximum atomic E-state index is 12.2. The molecule has 0 bridgehead atoms. The Morgan fingerprint density at radius 3 is 2.50 bits per heavy atom. The SMILES string of the molecule is N#Cc1cc(CN)c(OC(F)F)c(S(=O)(=O)Cl)c1. The van der Waals surface area contributed by atoms with Crippen LogP contribution in [-0.2, 0) is 15.6 Å². The molecule has 0 saturated carbocycles. The number of nitriles is 1. The molecule has 0 fully saturated rings. The molecule has 0 atom stereocenters. The van der Waals surface area contributed by atoms with Crippen LogP contribution in [0.3, 0.4) is 0 Å². The molecule has 0 saturated heterocycles. The van der Waals surface area contributed by atoms with Crippen molar-refractivity contribution >= 4 is 19.7 Å². The van der Waals surface area contributed by atoms with Crippen molar-refractivity contribution in [3.8, 4) is 11.8 Å².